The molecule has 0 aliphatic heterocycles. The van der Waals surface area contributed by atoms with Crippen molar-refractivity contribution >= 4 is 11.1 Å². The molecule has 0 radical (unpaired) electrons. The van der Waals surface area contributed by atoms with E-state index in [0.29, 0.717) is 11.6 Å². The first-order valence-electron chi connectivity index (χ1n) is 12.7. The molecule has 3 heteroatoms. The molecule has 37 heavy (non-hydrogen) atoms. The Morgan fingerprint density at radius 3 is 1.59 bits per heavy atom. The predicted molar refractivity (Wildman–Crippen MR) is 153 cm³/mol. The first kappa shape index (κ1) is 22.8. The van der Waals surface area contributed by atoms with Crippen LogP contribution in [0.5, 0.6) is 0 Å². The number of rotatable bonds is 5. The van der Waals surface area contributed by atoms with Gasteiger partial charge in [0.15, 0.2) is 17.5 Å². The highest BCUT2D eigenvalue weighted by Gasteiger charge is 2.16. The molecule has 0 saturated heterocycles. The van der Waals surface area contributed by atoms with Gasteiger partial charge in [0.05, 0.1) is 0 Å². The van der Waals surface area contributed by atoms with Crippen molar-refractivity contribution in [2.45, 2.75) is 19.8 Å². The monoisotopic (exact) mass is 477 g/mol. The zero-order chi connectivity index (χ0) is 25.0. The van der Waals surface area contributed by atoms with Gasteiger partial charge in [0.2, 0.25) is 0 Å². The molecule has 6 rings (SSSR count). The molecule has 0 saturated carbocycles. The van der Waals surface area contributed by atoms with Gasteiger partial charge in [-0.3, -0.25) is 0 Å². The molecule has 1 aromatic heterocycles. The lowest BCUT2D eigenvalue weighted by Crippen LogP contribution is -2.04. The molecule has 1 aliphatic carbocycles. The van der Waals surface area contributed by atoms with E-state index in [1.54, 1.807) is 0 Å². The molecule has 0 bridgehead atoms. The molecular weight excluding hydrogens is 450 g/mol. The van der Waals surface area contributed by atoms with E-state index in [0.717, 1.165) is 35.4 Å². The van der Waals surface area contributed by atoms with E-state index < -0.39 is 0 Å². The lowest BCUT2D eigenvalue weighted by atomic mass is 9.93. The zero-order valence-electron chi connectivity index (χ0n) is 20.8. The van der Waals surface area contributed by atoms with E-state index >= 15 is 0 Å². The van der Waals surface area contributed by atoms with Crippen LogP contribution in [-0.2, 0) is 0 Å². The van der Waals surface area contributed by atoms with Crippen molar-refractivity contribution in [3.63, 3.8) is 0 Å². The Labute approximate surface area is 217 Å². The van der Waals surface area contributed by atoms with E-state index in [1.807, 2.05) is 6.07 Å². The van der Waals surface area contributed by atoms with Crippen LogP contribution < -0.4 is 0 Å². The van der Waals surface area contributed by atoms with Crippen LogP contribution in [-0.4, -0.2) is 15.0 Å². The van der Waals surface area contributed by atoms with Crippen molar-refractivity contribution in [1.29, 1.82) is 0 Å². The normalized spacial score (nSPS) is 13.1. The molecule has 178 valence electrons. The average molecular weight is 478 g/mol. The van der Waals surface area contributed by atoms with Crippen LogP contribution in [0.25, 0.3) is 45.0 Å². The van der Waals surface area contributed by atoms with Crippen molar-refractivity contribution in [3.8, 4) is 33.9 Å². The van der Waals surface area contributed by atoms with Crippen molar-refractivity contribution in [1.82, 2.24) is 15.0 Å². The number of aryl methyl sites for hydroxylation is 1. The van der Waals surface area contributed by atoms with Gasteiger partial charge < -0.3 is 0 Å². The fourth-order valence-electron chi connectivity index (χ4n) is 4.72. The Morgan fingerprint density at radius 2 is 0.946 bits per heavy atom. The summed E-state index contributed by atoms with van der Waals surface area (Å²) in [5, 5.41) is 0. The van der Waals surface area contributed by atoms with Crippen LogP contribution in [0.3, 0.4) is 0 Å². The van der Waals surface area contributed by atoms with Crippen molar-refractivity contribution in [2.75, 3.05) is 0 Å². The highest BCUT2D eigenvalue weighted by molar-refractivity contribution is 5.77. The van der Waals surface area contributed by atoms with E-state index in [1.165, 1.54) is 27.8 Å². The zero-order valence-corrected chi connectivity index (χ0v) is 20.8. The predicted octanol–water partition coefficient (Wildman–Crippen LogP) is 8.44. The van der Waals surface area contributed by atoms with Crippen LogP contribution >= 0.6 is 0 Å². The smallest absolute Gasteiger partial charge is 0.164 e. The first-order chi connectivity index (χ1) is 18.2. The van der Waals surface area contributed by atoms with E-state index in [4.69, 9.17) is 15.0 Å². The Hall–Kier alpha value is -4.63. The third kappa shape index (κ3) is 5.03. The number of aromatic nitrogens is 3. The molecule has 1 aliphatic rings. The van der Waals surface area contributed by atoms with Crippen molar-refractivity contribution in [3.05, 3.63) is 138 Å². The van der Waals surface area contributed by atoms with Crippen molar-refractivity contribution < 1.29 is 0 Å². The largest absolute Gasteiger partial charge is 0.209 e. The molecule has 1 heterocycles. The van der Waals surface area contributed by atoms with Gasteiger partial charge in [-0.1, -0.05) is 121 Å². The second-order valence-electron chi connectivity index (χ2n) is 9.37. The minimum atomic E-state index is 0.694. The van der Waals surface area contributed by atoms with Crippen LogP contribution in [0.4, 0.5) is 0 Å². The Balaban J connectivity index is 1.41. The van der Waals surface area contributed by atoms with E-state index in [2.05, 4.69) is 122 Å². The van der Waals surface area contributed by atoms with Crippen LogP contribution in [0, 0.1) is 6.92 Å². The fourth-order valence-corrected chi connectivity index (χ4v) is 4.72. The highest BCUT2D eigenvalue weighted by Crippen LogP contribution is 2.32. The summed E-state index contributed by atoms with van der Waals surface area (Å²) in [5.41, 5.74) is 9.28. The molecule has 0 spiro atoms. The standard InChI is InChI=1S/C34H27N3/c1-24-9-8-14-31(23-24)34-36-32(29-19-15-27(16-20-29)25-10-4-2-5-11-25)35-33(37-34)30-21-17-28(18-22-30)26-12-6-3-7-13-26/h2-17,19-21,23H,18,22H2,1H3. The molecule has 0 unspecified atom stereocenters. The van der Waals surface area contributed by atoms with Crippen LogP contribution in [0.2, 0.25) is 0 Å². The Bertz CT molecular complexity index is 1600. The fraction of sp³-hybridized carbons (Fsp3) is 0.0882. The number of hydrogen-bond acceptors (Lipinski definition) is 3. The number of allylic oxidation sites excluding steroid dienone is 4. The highest BCUT2D eigenvalue weighted by atomic mass is 15.0. The maximum absolute atomic E-state index is 4.96. The lowest BCUT2D eigenvalue weighted by molar-refractivity contribution is 0.984. The van der Waals surface area contributed by atoms with Gasteiger partial charge in [0.25, 0.3) is 0 Å². The van der Waals surface area contributed by atoms with Gasteiger partial charge in [-0.05, 0) is 53.7 Å². The SMILES string of the molecule is Cc1cccc(-c2nc(C3=CC=C(c4ccccc4)CC3)nc(-c3ccc(-c4ccccc4)cc3)n2)c1. The second kappa shape index (κ2) is 10.2. The average Bonchev–Trinajstić information content (AvgIpc) is 2.98. The molecule has 0 fully saturated rings. The van der Waals surface area contributed by atoms with Crippen LogP contribution in [0.1, 0.15) is 29.8 Å². The van der Waals surface area contributed by atoms with Crippen LogP contribution in [0.15, 0.2) is 121 Å². The van der Waals surface area contributed by atoms with Gasteiger partial charge in [0, 0.05) is 11.1 Å². The summed E-state index contributed by atoms with van der Waals surface area (Å²) >= 11 is 0. The minimum absolute atomic E-state index is 0.694. The summed E-state index contributed by atoms with van der Waals surface area (Å²) in [6.45, 7) is 2.09. The molecule has 4 aromatic carbocycles. The molecular formula is C34H27N3. The third-order valence-electron chi connectivity index (χ3n) is 6.74. The molecule has 5 aromatic rings. The maximum Gasteiger partial charge on any atom is 0.164 e. The molecule has 0 N–H and O–H groups in total. The summed E-state index contributed by atoms with van der Waals surface area (Å²) in [5.74, 6) is 2.14. The summed E-state index contributed by atoms with van der Waals surface area (Å²) in [6.07, 6.45) is 6.23. The number of hydrogen-bond donors (Lipinski definition) is 0. The summed E-state index contributed by atoms with van der Waals surface area (Å²) < 4.78 is 0. The third-order valence-corrected chi connectivity index (χ3v) is 6.74. The number of benzene rings is 4. The van der Waals surface area contributed by atoms with Gasteiger partial charge >= 0.3 is 0 Å². The minimum Gasteiger partial charge on any atom is -0.209 e. The quantitative estimate of drug-likeness (QED) is 0.255. The second-order valence-corrected chi connectivity index (χ2v) is 9.37. The van der Waals surface area contributed by atoms with Gasteiger partial charge in [0.1, 0.15) is 0 Å². The van der Waals surface area contributed by atoms with Gasteiger partial charge in [-0.15, -0.1) is 0 Å². The Kier molecular flexibility index (Phi) is 6.26. The van der Waals surface area contributed by atoms with E-state index in [-0.39, 0.29) is 0 Å². The topological polar surface area (TPSA) is 38.7 Å². The Morgan fingerprint density at radius 1 is 0.432 bits per heavy atom. The first-order valence-corrected chi connectivity index (χ1v) is 12.7. The maximum atomic E-state index is 4.96. The molecule has 0 atom stereocenters. The van der Waals surface area contributed by atoms with Gasteiger partial charge in [-0.2, -0.15) is 0 Å². The number of nitrogens with zero attached hydrogens (tertiary/aromatic N) is 3. The lowest BCUT2D eigenvalue weighted by Gasteiger charge is -2.16. The van der Waals surface area contributed by atoms with E-state index in [9.17, 15) is 0 Å². The summed E-state index contributed by atoms with van der Waals surface area (Å²) in [6, 6.07) is 37.8. The molecule has 0 amide bonds. The molecule has 3 nitrogen and oxygen atoms in total. The summed E-state index contributed by atoms with van der Waals surface area (Å²) in [4.78, 5) is 14.8. The van der Waals surface area contributed by atoms with Crippen molar-refractivity contribution in [2.24, 2.45) is 0 Å². The summed E-state index contributed by atoms with van der Waals surface area (Å²) in [7, 11) is 0. The van der Waals surface area contributed by atoms with Gasteiger partial charge in [-0.25, -0.2) is 15.0 Å².